The predicted octanol–water partition coefficient (Wildman–Crippen LogP) is 4.55. The number of carbonyl (C=O) groups excluding carboxylic acids is 2. The second-order valence-electron chi connectivity index (χ2n) is 9.99. The van der Waals surface area contributed by atoms with Gasteiger partial charge in [0, 0.05) is 42.2 Å². The average molecular weight is 458 g/mol. The highest BCUT2D eigenvalue weighted by Crippen LogP contribution is 2.33. The first kappa shape index (κ1) is 21.4. The molecule has 176 valence electrons. The van der Waals surface area contributed by atoms with Crippen molar-refractivity contribution in [3.63, 3.8) is 0 Å². The molecule has 4 saturated heterocycles. The maximum Gasteiger partial charge on any atom is 0.287 e. The van der Waals surface area contributed by atoms with E-state index in [0.29, 0.717) is 22.8 Å². The summed E-state index contributed by atoms with van der Waals surface area (Å²) in [6.45, 7) is 4.87. The van der Waals surface area contributed by atoms with Gasteiger partial charge in [-0.1, -0.05) is 30.3 Å². The summed E-state index contributed by atoms with van der Waals surface area (Å²) < 4.78 is 6.13. The molecule has 3 aromatic rings. The Morgan fingerprint density at radius 1 is 0.912 bits per heavy atom. The zero-order chi connectivity index (χ0) is 23.1. The van der Waals surface area contributed by atoms with Gasteiger partial charge in [-0.15, -0.1) is 0 Å². The van der Waals surface area contributed by atoms with Crippen LogP contribution in [0.2, 0.25) is 0 Å². The number of para-hydroxylation sites is 1. The molecule has 1 atom stereocenters. The Morgan fingerprint density at radius 3 is 2.47 bits per heavy atom. The van der Waals surface area contributed by atoms with E-state index in [4.69, 9.17) is 4.42 Å². The third-order valence-electron chi connectivity index (χ3n) is 7.80. The van der Waals surface area contributed by atoms with Gasteiger partial charge < -0.3 is 19.5 Å². The Labute approximate surface area is 199 Å². The lowest BCUT2D eigenvalue weighted by molar-refractivity contribution is 0.0607. The summed E-state index contributed by atoms with van der Waals surface area (Å²) in [5, 5.41) is 4.12. The number of carbonyl (C=O) groups is 2. The molecule has 4 fully saturated rings. The number of nitrogens with zero attached hydrogens (tertiary/aromatic N) is 2. The van der Waals surface area contributed by atoms with Crippen molar-refractivity contribution >= 4 is 22.8 Å². The fraction of sp³-hybridized carbons (Fsp3) is 0.429. The van der Waals surface area contributed by atoms with Crippen LogP contribution in [0.3, 0.4) is 0 Å². The molecule has 7 rings (SSSR count). The lowest BCUT2D eigenvalue weighted by Gasteiger charge is -2.44. The van der Waals surface area contributed by atoms with Crippen molar-refractivity contribution in [2.24, 2.45) is 5.92 Å². The molecule has 6 heteroatoms. The Hall–Kier alpha value is -3.12. The molecule has 2 bridgehead atoms. The first-order chi connectivity index (χ1) is 16.7. The number of rotatable bonds is 4. The minimum absolute atomic E-state index is 0.0887. The summed E-state index contributed by atoms with van der Waals surface area (Å²) >= 11 is 0. The van der Waals surface area contributed by atoms with Gasteiger partial charge >= 0.3 is 0 Å². The average Bonchev–Trinajstić information content (AvgIpc) is 3.34. The van der Waals surface area contributed by atoms with Crippen molar-refractivity contribution < 1.29 is 14.0 Å². The number of fused-ring (bicyclic) bond motifs is 4. The summed E-state index contributed by atoms with van der Waals surface area (Å²) in [4.78, 5) is 30.5. The number of piperidine rings is 4. The number of furan rings is 1. The smallest absolute Gasteiger partial charge is 0.287 e. The Kier molecular flexibility index (Phi) is 5.61. The summed E-state index contributed by atoms with van der Waals surface area (Å²) in [5.41, 5.74) is 3.20. The topological polar surface area (TPSA) is 65.8 Å². The summed E-state index contributed by atoms with van der Waals surface area (Å²) in [5.74, 6) is 0.856. The monoisotopic (exact) mass is 457 g/mol. The number of hydrogen-bond acceptors (Lipinski definition) is 4. The van der Waals surface area contributed by atoms with Crippen LogP contribution in [0.5, 0.6) is 0 Å². The van der Waals surface area contributed by atoms with Gasteiger partial charge in [0.05, 0.1) is 0 Å². The highest BCUT2D eigenvalue weighted by Gasteiger charge is 2.35. The van der Waals surface area contributed by atoms with Crippen molar-refractivity contribution in [2.75, 3.05) is 32.7 Å². The summed E-state index contributed by atoms with van der Waals surface area (Å²) in [6.07, 6.45) is 5.65. The van der Waals surface area contributed by atoms with E-state index in [2.05, 4.69) is 10.2 Å². The Morgan fingerprint density at radius 2 is 1.71 bits per heavy atom. The van der Waals surface area contributed by atoms with Crippen LogP contribution in [0.4, 0.5) is 0 Å². The second-order valence-corrected chi connectivity index (χ2v) is 9.99. The van der Waals surface area contributed by atoms with Crippen LogP contribution in [-0.4, -0.2) is 60.4 Å². The number of nitrogens with one attached hydrogen (secondary N) is 1. The first-order valence-electron chi connectivity index (χ1n) is 12.6. The summed E-state index contributed by atoms with van der Waals surface area (Å²) in [7, 11) is 0. The molecular formula is C28H31N3O3. The van der Waals surface area contributed by atoms with Crippen LogP contribution in [0, 0.1) is 5.92 Å². The highest BCUT2D eigenvalue weighted by atomic mass is 16.3. The Balaban J connectivity index is 1.26. The predicted molar refractivity (Wildman–Crippen MR) is 132 cm³/mol. The minimum atomic E-state index is -0.144. The second kappa shape index (κ2) is 8.91. The van der Waals surface area contributed by atoms with Crippen molar-refractivity contribution in [1.82, 2.24) is 15.1 Å². The largest absolute Gasteiger partial charge is 0.450 e. The van der Waals surface area contributed by atoms with E-state index in [1.807, 2.05) is 53.4 Å². The lowest BCUT2D eigenvalue weighted by atomic mass is 9.84. The third kappa shape index (κ3) is 4.00. The zero-order valence-corrected chi connectivity index (χ0v) is 19.5. The molecule has 0 radical (unpaired) electrons. The molecule has 0 aliphatic carbocycles. The van der Waals surface area contributed by atoms with Crippen LogP contribution < -0.4 is 5.32 Å². The number of benzene rings is 2. The van der Waals surface area contributed by atoms with Crippen molar-refractivity contribution in [3.05, 3.63) is 59.9 Å². The highest BCUT2D eigenvalue weighted by molar-refractivity contribution is 6.01. The molecule has 6 nitrogen and oxygen atoms in total. The molecule has 4 aliphatic rings. The van der Waals surface area contributed by atoms with Crippen molar-refractivity contribution in [2.45, 2.75) is 38.1 Å². The van der Waals surface area contributed by atoms with Gasteiger partial charge in [0.2, 0.25) is 0 Å². The van der Waals surface area contributed by atoms with Gasteiger partial charge in [0.25, 0.3) is 11.8 Å². The van der Waals surface area contributed by atoms with E-state index in [1.54, 1.807) is 0 Å². The molecule has 2 amide bonds. The first-order valence-corrected chi connectivity index (χ1v) is 12.6. The molecule has 1 aromatic heterocycles. The van der Waals surface area contributed by atoms with Crippen LogP contribution in [0.15, 0.2) is 52.9 Å². The lowest BCUT2D eigenvalue weighted by Crippen LogP contribution is -2.57. The van der Waals surface area contributed by atoms with E-state index in [1.165, 1.54) is 6.42 Å². The van der Waals surface area contributed by atoms with Crippen LogP contribution in [0.25, 0.3) is 22.1 Å². The van der Waals surface area contributed by atoms with Gasteiger partial charge in [-0.05, 0) is 74.9 Å². The fourth-order valence-electron chi connectivity index (χ4n) is 5.87. The van der Waals surface area contributed by atoms with Crippen molar-refractivity contribution in [1.29, 1.82) is 0 Å². The SMILES string of the molecule is O=C(N[C@@H]1CN2CCC1CC2)c1cc2cccc(-c3cccc(C(=O)N4CCCCC4)c3)c2o1. The zero-order valence-electron chi connectivity index (χ0n) is 19.5. The molecule has 5 heterocycles. The quantitative estimate of drug-likeness (QED) is 0.624. The maximum absolute atomic E-state index is 13.1. The van der Waals surface area contributed by atoms with E-state index < -0.39 is 0 Å². The van der Waals surface area contributed by atoms with E-state index in [-0.39, 0.29) is 17.9 Å². The molecule has 4 aliphatic heterocycles. The van der Waals surface area contributed by atoms with Crippen molar-refractivity contribution in [3.8, 4) is 11.1 Å². The Bertz CT molecular complexity index is 1220. The molecule has 0 spiro atoms. The molecule has 1 N–H and O–H groups in total. The van der Waals surface area contributed by atoms with Gasteiger partial charge in [0.15, 0.2) is 5.76 Å². The third-order valence-corrected chi connectivity index (χ3v) is 7.80. The van der Waals surface area contributed by atoms with Gasteiger partial charge in [-0.25, -0.2) is 0 Å². The fourth-order valence-corrected chi connectivity index (χ4v) is 5.87. The number of hydrogen-bond donors (Lipinski definition) is 1. The normalized spacial score (nSPS) is 24.4. The minimum Gasteiger partial charge on any atom is -0.450 e. The van der Waals surface area contributed by atoms with Gasteiger partial charge in [-0.3, -0.25) is 9.59 Å². The summed E-state index contributed by atoms with van der Waals surface area (Å²) in [6, 6.07) is 15.7. The van der Waals surface area contributed by atoms with E-state index in [9.17, 15) is 9.59 Å². The molecule has 2 aromatic carbocycles. The van der Waals surface area contributed by atoms with E-state index in [0.717, 1.165) is 74.9 Å². The standard InChI is InChI=1S/C28H31N3O3/c32-27(29-24-18-30-14-10-19(24)11-15-30)25-17-21-7-5-9-23(26(21)34-25)20-6-4-8-22(16-20)28(33)31-12-2-1-3-13-31/h4-9,16-17,19,24H,1-3,10-15,18H2,(H,29,32)/t24-/m1/s1. The van der Waals surface area contributed by atoms with E-state index >= 15 is 0 Å². The number of amides is 2. The maximum atomic E-state index is 13.1. The molecule has 0 unspecified atom stereocenters. The molecule has 34 heavy (non-hydrogen) atoms. The van der Waals surface area contributed by atoms with Crippen LogP contribution in [-0.2, 0) is 0 Å². The van der Waals surface area contributed by atoms with Gasteiger partial charge in [0.1, 0.15) is 5.58 Å². The number of likely N-dealkylation sites (tertiary alicyclic amines) is 1. The molecular weight excluding hydrogens is 426 g/mol. The van der Waals surface area contributed by atoms with Gasteiger partial charge in [-0.2, -0.15) is 0 Å². The van der Waals surface area contributed by atoms with Crippen LogP contribution in [0.1, 0.15) is 53.0 Å². The molecule has 0 saturated carbocycles. The van der Waals surface area contributed by atoms with Crippen LogP contribution >= 0.6 is 0 Å².